The fourth-order valence-corrected chi connectivity index (χ4v) is 3.76. The van der Waals surface area contributed by atoms with Crippen LogP contribution in [0.4, 0.5) is 0 Å². The van der Waals surface area contributed by atoms with Gasteiger partial charge in [-0.15, -0.1) is 0 Å². The van der Waals surface area contributed by atoms with Crippen LogP contribution in [0, 0.1) is 6.92 Å². The molecule has 1 amide bonds. The molecule has 26 heavy (non-hydrogen) atoms. The molecule has 3 aromatic rings. The SMILES string of the molecule is Cc1nccn1[C@@H]1CCCN(C(=O)Cc2ccc(-n3cccc3)cc2)C1. The highest BCUT2D eigenvalue weighted by Gasteiger charge is 2.25. The van der Waals surface area contributed by atoms with Gasteiger partial charge in [0.1, 0.15) is 5.82 Å². The van der Waals surface area contributed by atoms with E-state index in [4.69, 9.17) is 0 Å². The molecule has 5 nitrogen and oxygen atoms in total. The number of nitrogens with zero attached hydrogens (tertiary/aromatic N) is 4. The molecule has 4 rings (SSSR count). The van der Waals surface area contributed by atoms with E-state index in [-0.39, 0.29) is 5.91 Å². The van der Waals surface area contributed by atoms with Crippen LogP contribution in [0.15, 0.2) is 61.2 Å². The number of hydrogen-bond donors (Lipinski definition) is 0. The predicted octanol–water partition coefficient (Wildman–Crippen LogP) is 3.39. The minimum absolute atomic E-state index is 0.209. The van der Waals surface area contributed by atoms with Crippen LogP contribution in [-0.4, -0.2) is 38.0 Å². The van der Waals surface area contributed by atoms with Gasteiger partial charge in [-0.3, -0.25) is 4.79 Å². The van der Waals surface area contributed by atoms with E-state index < -0.39 is 0 Å². The van der Waals surface area contributed by atoms with E-state index in [0.29, 0.717) is 12.5 Å². The third kappa shape index (κ3) is 3.43. The number of likely N-dealkylation sites (tertiary alicyclic amines) is 1. The zero-order valence-electron chi connectivity index (χ0n) is 15.1. The molecule has 134 valence electrons. The smallest absolute Gasteiger partial charge is 0.227 e. The molecule has 1 aromatic carbocycles. The van der Waals surface area contributed by atoms with Gasteiger partial charge in [-0.1, -0.05) is 12.1 Å². The summed E-state index contributed by atoms with van der Waals surface area (Å²) in [5.74, 6) is 1.23. The van der Waals surface area contributed by atoms with Crippen molar-refractivity contribution in [2.75, 3.05) is 13.1 Å². The minimum atomic E-state index is 0.209. The van der Waals surface area contributed by atoms with Gasteiger partial charge in [0.2, 0.25) is 5.91 Å². The van der Waals surface area contributed by atoms with Crippen LogP contribution in [0.5, 0.6) is 0 Å². The number of rotatable bonds is 4. The van der Waals surface area contributed by atoms with E-state index in [1.807, 2.05) is 48.7 Å². The topological polar surface area (TPSA) is 43.1 Å². The molecule has 0 spiro atoms. The van der Waals surface area contributed by atoms with Crippen LogP contribution in [-0.2, 0) is 11.2 Å². The predicted molar refractivity (Wildman–Crippen MR) is 101 cm³/mol. The molecular formula is C21H24N4O. The first-order valence-electron chi connectivity index (χ1n) is 9.20. The monoisotopic (exact) mass is 348 g/mol. The molecule has 0 radical (unpaired) electrons. The molecule has 1 aliphatic rings. The Morgan fingerprint density at radius 1 is 1.15 bits per heavy atom. The zero-order valence-corrected chi connectivity index (χ0v) is 15.1. The first-order chi connectivity index (χ1) is 12.7. The van der Waals surface area contributed by atoms with Gasteiger partial charge in [0.15, 0.2) is 0 Å². The summed E-state index contributed by atoms with van der Waals surface area (Å²) in [5.41, 5.74) is 2.17. The van der Waals surface area contributed by atoms with Gasteiger partial charge in [-0.2, -0.15) is 0 Å². The maximum atomic E-state index is 12.8. The van der Waals surface area contributed by atoms with Gasteiger partial charge in [0, 0.05) is 43.6 Å². The maximum absolute atomic E-state index is 12.8. The molecule has 0 unspecified atom stereocenters. The van der Waals surface area contributed by atoms with Gasteiger partial charge < -0.3 is 14.0 Å². The van der Waals surface area contributed by atoms with E-state index in [1.165, 1.54) is 0 Å². The Labute approximate surface area is 153 Å². The number of hydrogen-bond acceptors (Lipinski definition) is 2. The molecule has 1 saturated heterocycles. The number of aromatic nitrogens is 3. The van der Waals surface area contributed by atoms with E-state index >= 15 is 0 Å². The molecule has 0 N–H and O–H groups in total. The zero-order chi connectivity index (χ0) is 17.9. The third-order valence-corrected chi connectivity index (χ3v) is 5.20. The lowest BCUT2D eigenvalue weighted by molar-refractivity contribution is -0.132. The summed E-state index contributed by atoms with van der Waals surface area (Å²) in [5, 5.41) is 0. The molecule has 2 aromatic heterocycles. The van der Waals surface area contributed by atoms with Crippen molar-refractivity contribution in [3.05, 3.63) is 72.6 Å². The lowest BCUT2D eigenvalue weighted by Crippen LogP contribution is -2.41. The van der Waals surface area contributed by atoms with Crippen molar-refractivity contribution in [1.82, 2.24) is 19.0 Å². The first-order valence-corrected chi connectivity index (χ1v) is 9.20. The second-order valence-corrected chi connectivity index (χ2v) is 6.95. The fourth-order valence-electron chi connectivity index (χ4n) is 3.76. The van der Waals surface area contributed by atoms with Gasteiger partial charge in [-0.25, -0.2) is 4.98 Å². The van der Waals surface area contributed by atoms with Crippen LogP contribution >= 0.6 is 0 Å². The Morgan fingerprint density at radius 2 is 1.92 bits per heavy atom. The molecule has 5 heteroatoms. The van der Waals surface area contributed by atoms with Crippen LogP contribution in [0.1, 0.15) is 30.3 Å². The standard InChI is InChI=1S/C21H24N4O/c1-17-22-10-14-25(17)20-5-4-13-24(16-20)21(26)15-18-6-8-19(9-7-18)23-11-2-3-12-23/h2-3,6-12,14,20H,4-5,13,15-16H2,1H3/t20-/m1/s1. The summed E-state index contributed by atoms with van der Waals surface area (Å²) >= 11 is 0. The molecule has 1 atom stereocenters. The van der Waals surface area contributed by atoms with E-state index in [1.54, 1.807) is 0 Å². The largest absolute Gasteiger partial charge is 0.340 e. The molecule has 0 bridgehead atoms. The number of carbonyl (C=O) groups is 1. The summed E-state index contributed by atoms with van der Waals surface area (Å²) in [6.07, 6.45) is 10.5. The summed E-state index contributed by atoms with van der Waals surface area (Å²) in [6.45, 7) is 3.65. The lowest BCUT2D eigenvalue weighted by atomic mass is 10.0. The van der Waals surface area contributed by atoms with E-state index in [0.717, 1.165) is 43.0 Å². The number of piperidine rings is 1. The molecule has 1 fully saturated rings. The van der Waals surface area contributed by atoms with Gasteiger partial charge in [-0.05, 0) is 49.6 Å². The fraction of sp³-hybridized carbons (Fsp3) is 0.333. The average Bonchev–Trinajstić information content (AvgIpc) is 3.34. The summed E-state index contributed by atoms with van der Waals surface area (Å²) in [4.78, 5) is 19.1. The Hall–Kier alpha value is -2.82. The van der Waals surface area contributed by atoms with Crippen molar-refractivity contribution in [2.45, 2.75) is 32.2 Å². The summed E-state index contributed by atoms with van der Waals surface area (Å²) < 4.78 is 4.26. The molecule has 0 aliphatic carbocycles. The van der Waals surface area contributed by atoms with Crippen molar-refractivity contribution < 1.29 is 4.79 Å². The van der Waals surface area contributed by atoms with Crippen molar-refractivity contribution in [2.24, 2.45) is 0 Å². The second-order valence-electron chi connectivity index (χ2n) is 6.95. The highest BCUT2D eigenvalue weighted by molar-refractivity contribution is 5.79. The quantitative estimate of drug-likeness (QED) is 0.725. The van der Waals surface area contributed by atoms with Gasteiger partial charge in [0.05, 0.1) is 12.5 Å². The maximum Gasteiger partial charge on any atom is 0.227 e. The molecule has 0 saturated carbocycles. The Morgan fingerprint density at radius 3 is 2.62 bits per heavy atom. The van der Waals surface area contributed by atoms with Crippen molar-refractivity contribution >= 4 is 5.91 Å². The highest BCUT2D eigenvalue weighted by Crippen LogP contribution is 2.23. The lowest BCUT2D eigenvalue weighted by Gasteiger charge is -2.34. The van der Waals surface area contributed by atoms with Crippen molar-refractivity contribution in [3.8, 4) is 5.69 Å². The van der Waals surface area contributed by atoms with Crippen LogP contribution in [0.2, 0.25) is 0 Å². The Bertz CT molecular complexity index is 864. The number of imidazole rings is 1. The molecular weight excluding hydrogens is 324 g/mol. The number of aryl methyl sites for hydroxylation is 1. The third-order valence-electron chi connectivity index (χ3n) is 5.20. The number of amides is 1. The second kappa shape index (κ2) is 7.20. The van der Waals surface area contributed by atoms with Crippen molar-refractivity contribution in [1.29, 1.82) is 0 Å². The Balaban J connectivity index is 1.40. The van der Waals surface area contributed by atoms with Crippen LogP contribution in [0.25, 0.3) is 5.69 Å². The Kier molecular flexibility index (Phi) is 4.61. The highest BCUT2D eigenvalue weighted by atomic mass is 16.2. The summed E-state index contributed by atoms with van der Waals surface area (Å²) in [7, 11) is 0. The minimum Gasteiger partial charge on any atom is -0.340 e. The van der Waals surface area contributed by atoms with Crippen molar-refractivity contribution in [3.63, 3.8) is 0 Å². The average molecular weight is 348 g/mol. The van der Waals surface area contributed by atoms with E-state index in [2.05, 4.69) is 38.4 Å². The normalized spacial score (nSPS) is 17.4. The molecule has 3 heterocycles. The number of benzene rings is 1. The van der Waals surface area contributed by atoms with Crippen LogP contribution in [0.3, 0.4) is 0 Å². The molecule has 1 aliphatic heterocycles. The number of carbonyl (C=O) groups excluding carboxylic acids is 1. The summed E-state index contributed by atoms with van der Waals surface area (Å²) in [6, 6.07) is 12.6. The van der Waals surface area contributed by atoms with Gasteiger partial charge in [0.25, 0.3) is 0 Å². The first kappa shape index (κ1) is 16.6. The van der Waals surface area contributed by atoms with E-state index in [9.17, 15) is 4.79 Å². The van der Waals surface area contributed by atoms with Crippen LogP contribution < -0.4 is 0 Å². The van der Waals surface area contributed by atoms with Gasteiger partial charge >= 0.3 is 0 Å².